The fraction of sp³-hybridized carbons (Fsp3) is 0.250. The number of phenolic OH excluding ortho intramolecular Hbond substituents is 3. The van der Waals surface area contributed by atoms with Crippen LogP contribution < -0.4 is 5.32 Å². The molecule has 4 N–H and O–H groups in total. The molecule has 0 amide bonds. The molecule has 0 bridgehead atoms. The number of aromatic hydroxyl groups is 3. The third-order valence-electron chi connectivity index (χ3n) is 4.07. The maximum absolute atomic E-state index is 9.92. The fourth-order valence-electron chi connectivity index (χ4n) is 2.90. The molecule has 0 spiro atoms. The number of halogens is 3. The van der Waals surface area contributed by atoms with Gasteiger partial charge in [-0.1, -0.05) is 34.8 Å². The lowest BCUT2D eigenvalue weighted by atomic mass is 9.87. The average molecular weight is 375 g/mol. The molecule has 1 aliphatic rings. The lowest BCUT2D eigenvalue weighted by molar-refractivity contribution is 0.402. The number of fused-ring (bicyclic) bond motifs is 1. The van der Waals surface area contributed by atoms with E-state index < -0.39 is 0 Å². The van der Waals surface area contributed by atoms with Crippen LogP contribution in [0.4, 0.5) is 0 Å². The van der Waals surface area contributed by atoms with Gasteiger partial charge >= 0.3 is 0 Å². The molecular formula is C16H14Cl3NO3. The number of benzene rings is 2. The van der Waals surface area contributed by atoms with Crippen molar-refractivity contribution in [1.29, 1.82) is 0 Å². The summed E-state index contributed by atoms with van der Waals surface area (Å²) >= 11 is 18.2. The zero-order valence-electron chi connectivity index (χ0n) is 11.9. The Hall–Kier alpha value is -1.33. The molecule has 1 unspecified atom stereocenters. The van der Waals surface area contributed by atoms with Crippen LogP contribution in [-0.2, 0) is 6.42 Å². The van der Waals surface area contributed by atoms with E-state index in [0.29, 0.717) is 19.5 Å². The summed E-state index contributed by atoms with van der Waals surface area (Å²) in [6, 6.07) is 4.80. The van der Waals surface area contributed by atoms with Gasteiger partial charge in [0, 0.05) is 12.5 Å². The molecule has 3 rings (SSSR count). The summed E-state index contributed by atoms with van der Waals surface area (Å²) in [5.41, 5.74) is 2.36. The number of rotatable bonds is 1. The van der Waals surface area contributed by atoms with Crippen molar-refractivity contribution in [3.63, 3.8) is 0 Å². The van der Waals surface area contributed by atoms with Crippen molar-refractivity contribution >= 4 is 34.8 Å². The predicted molar refractivity (Wildman–Crippen MR) is 91.3 cm³/mol. The molecule has 23 heavy (non-hydrogen) atoms. The van der Waals surface area contributed by atoms with Crippen LogP contribution in [0, 0.1) is 0 Å². The Morgan fingerprint density at radius 3 is 2.26 bits per heavy atom. The topological polar surface area (TPSA) is 72.7 Å². The quantitative estimate of drug-likeness (QED) is 0.568. The standard InChI is InChI=1S/C16H14Cl3NO3/c17-11-3-7(4-12(18)15(11)22)10-6-20-2-1-8-9(10)5-13(21)16(23)14(8)19/h3-5,10,20-23H,1-2,6H2. The largest absolute Gasteiger partial charge is 0.505 e. The van der Waals surface area contributed by atoms with Crippen LogP contribution in [0.1, 0.15) is 22.6 Å². The second kappa shape index (κ2) is 6.29. The van der Waals surface area contributed by atoms with Gasteiger partial charge in [0.05, 0.1) is 15.1 Å². The van der Waals surface area contributed by atoms with E-state index in [9.17, 15) is 15.3 Å². The van der Waals surface area contributed by atoms with Crippen molar-refractivity contribution in [3.8, 4) is 17.2 Å². The lowest BCUT2D eigenvalue weighted by Crippen LogP contribution is -2.20. The van der Waals surface area contributed by atoms with Crippen molar-refractivity contribution in [2.24, 2.45) is 0 Å². The maximum atomic E-state index is 9.92. The van der Waals surface area contributed by atoms with Crippen molar-refractivity contribution in [2.45, 2.75) is 12.3 Å². The molecule has 0 radical (unpaired) electrons. The van der Waals surface area contributed by atoms with Gasteiger partial charge in [-0.15, -0.1) is 0 Å². The summed E-state index contributed by atoms with van der Waals surface area (Å²) in [6.07, 6.45) is 0.623. The van der Waals surface area contributed by atoms with Gasteiger partial charge < -0.3 is 20.6 Å². The Kier molecular flexibility index (Phi) is 4.52. The molecule has 0 aromatic heterocycles. The van der Waals surface area contributed by atoms with Crippen LogP contribution in [0.25, 0.3) is 0 Å². The van der Waals surface area contributed by atoms with Crippen molar-refractivity contribution in [2.75, 3.05) is 13.1 Å². The summed E-state index contributed by atoms with van der Waals surface area (Å²) in [4.78, 5) is 0. The Morgan fingerprint density at radius 2 is 1.61 bits per heavy atom. The molecule has 0 saturated carbocycles. The molecule has 2 aromatic carbocycles. The van der Waals surface area contributed by atoms with Gasteiger partial charge in [-0.25, -0.2) is 0 Å². The minimum atomic E-state index is -0.312. The molecule has 1 aliphatic heterocycles. The minimum absolute atomic E-state index is 0.157. The highest BCUT2D eigenvalue weighted by Crippen LogP contribution is 2.44. The van der Waals surface area contributed by atoms with E-state index in [4.69, 9.17) is 34.8 Å². The third-order valence-corrected chi connectivity index (χ3v) is 5.06. The van der Waals surface area contributed by atoms with Crippen LogP contribution in [0.3, 0.4) is 0 Å². The van der Waals surface area contributed by atoms with Crippen LogP contribution in [0.2, 0.25) is 15.1 Å². The molecular weight excluding hydrogens is 361 g/mol. The van der Waals surface area contributed by atoms with Gasteiger partial charge in [-0.05, 0) is 47.9 Å². The second-order valence-electron chi connectivity index (χ2n) is 5.47. The third kappa shape index (κ3) is 2.92. The first kappa shape index (κ1) is 16.5. The van der Waals surface area contributed by atoms with Crippen molar-refractivity contribution in [3.05, 3.63) is 50.0 Å². The van der Waals surface area contributed by atoms with E-state index in [1.807, 2.05) is 0 Å². The molecule has 0 saturated heterocycles. The number of hydrogen-bond donors (Lipinski definition) is 4. The first-order valence-corrected chi connectivity index (χ1v) is 8.15. The van der Waals surface area contributed by atoms with Crippen LogP contribution in [0.5, 0.6) is 17.2 Å². The van der Waals surface area contributed by atoms with E-state index in [1.165, 1.54) is 6.07 Å². The Morgan fingerprint density at radius 1 is 0.957 bits per heavy atom. The first-order chi connectivity index (χ1) is 10.9. The highest BCUT2D eigenvalue weighted by atomic mass is 35.5. The van der Waals surface area contributed by atoms with E-state index in [0.717, 1.165) is 16.7 Å². The summed E-state index contributed by atoms with van der Waals surface area (Å²) in [7, 11) is 0. The predicted octanol–water partition coefficient (Wildman–Crippen LogP) is 4.04. The van der Waals surface area contributed by atoms with Gasteiger partial charge in [0.1, 0.15) is 0 Å². The van der Waals surface area contributed by atoms with Gasteiger partial charge in [0.15, 0.2) is 17.2 Å². The smallest absolute Gasteiger partial charge is 0.176 e. The van der Waals surface area contributed by atoms with E-state index in [1.54, 1.807) is 12.1 Å². The Bertz CT molecular complexity index is 757. The zero-order valence-corrected chi connectivity index (χ0v) is 14.2. The molecule has 1 heterocycles. The molecule has 122 valence electrons. The molecule has 7 heteroatoms. The molecule has 2 aromatic rings. The molecule has 0 fully saturated rings. The van der Waals surface area contributed by atoms with E-state index in [-0.39, 0.29) is 38.2 Å². The monoisotopic (exact) mass is 373 g/mol. The van der Waals surface area contributed by atoms with E-state index >= 15 is 0 Å². The normalized spacial score (nSPS) is 17.6. The first-order valence-electron chi connectivity index (χ1n) is 7.02. The molecule has 1 atom stereocenters. The highest BCUT2D eigenvalue weighted by Gasteiger charge is 2.26. The number of nitrogens with one attached hydrogen (secondary N) is 1. The summed E-state index contributed by atoms with van der Waals surface area (Å²) in [5, 5.41) is 33.3. The summed E-state index contributed by atoms with van der Waals surface area (Å²) in [5.74, 6) is -0.915. The average Bonchev–Trinajstić information content (AvgIpc) is 2.72. The van der Waals surface area contributed by atoms with Crippen LogP contribution >= 0.6 is 34.8 Å². The van der Waals surface area contributed by atoms with E-state index in [2.05, 4.69) is 5.32 Å². The van der Waals surface area contributed by atoms with Crippen molar-refractivity contribution < 1.29 is 15.3 Å². The highest BCUT2D eigenvalue weighted by molar-refractivity contribution is 6.37. The van der Waals surface area contributed by atoms with Crippen molar-refractivity contribution in [1.82, 2.24) is 5.32 Å². The van der Waals surface area contributed by atoms with Crippen LogP contribution in [-0.4, -0.2) is 28.4 Å². The maximum Gasteiger partial charge on any atom is 0.176 e. The Labute approximate surface area is 148 Å². The van der Waals surface area contributed by atoms with Gasteiger partial charge in [-0.2, -0.15) is 0 Å². The van der Waals surface area contributed by atoms with Gasteiger partial charge in [-0.3, -0.25) is 0 Å². The number of hydrogen-bond acceptors (Lipinski definition) is 4. The summed E-state index contributed by atoms with van der Waals surface area (Å²) in [6.45, 7) is 1.28. The van der Waals surface area contributed by atoms with Gasteiger partial charge in [0.25, 0.3) is 0 Å². The molecule has 0 aliphatic carbocycles. The SMILES string of the molecule is Oc1cc2c(c(Cl)c1O)CCNCC2c1cc(Cl)c(O)c(Cl)c1. The summed E-state index contributed by atoms with van der Waals surface area (Å²) < 4.78 is 0. The zero-order chi connectivity index (χ0) is 16.7. The number of phenols is 3. The fourth-order valence-corrected chi connectivity index (χ4v) is 3.71. The second-order valence-corrected chi connectivity index (χ2v) is 6.66. The lowest BCUT2D eigenvalue weighted by Gasteiger charge is -2.20. The van der Waals surface area contributed by atoms with Crippen LogP contribution in [0.15, 0.2) is 18.2 Å². The minimum Gasteiger partial charge on any atom is -0.505 e. The molecule has 4 nitrogen and oxygen atoms in total. The Balaban J connectivity index is 2.19. The van der Waals surface area contributed by atoms with Gasteiger partial charge in [0.2, 0.25) is 0 Å².